The van der Waals surface area contributed by atoms with Crippen molar-refractivity contribution in [3.05, 3.63) is 81.4 Å². The van der Waals surface area contributed by atoms with E-state index >= 15 is 28.8 Å². The van der Waals surface area contributed by atoms with Gasteiger partial charge in [0.25, 0.3) is 0 Å². The lowest BCUT2D eigenvalue weighted by Gasteiger charge is -2.42. The molecule has 4 fully saturated rings. The van der Waals surface area contributed by atoms with Gasteiger partial charge in [0.15, 0.2) is 0 Å². The Bertz CT molecular complexity index is 3490. The van der Waals surface area contributed by atoms with Gasteiger partial charge in [-0.05, 0) is 125 Å². The van der Waals surface area contributed by atoms with Crippen LogP contribution in [-0.4, -0.2) is 251 Å². The highest BCUT2D eigenvalue weighted by atomic mass is 35.5. The van der Waals surface area contributed by atoms with Crippen LogP contribution in [0.5, 0.6) is 0 Å². The molecule has 2 aliphatic carbocycles. The number of aryl methyl sites for hydroxylation is 2. The largest absolute Gasteiger partial charge is 0.417 e. The van der Waals surface area contributed by atoms with Crippen molar-refractivity contribution < 1.29 is 70.7 Å². The monoisotopic (exact) mass is 1460 g/mol. The zero-order valence-electron chi connectivity index (χ0n) is 62.5. The van der Waals surface area contributed by atoms with Crippen LogP contribution in [0.15, 0.2) is 54.1 Å². The van der Waals surface area contributed by atoms with Crippen molar-refractivity contribution in [3.8, 4) is 0 Å². The van der Waals surface area contributed by atoms with E-state index in [1.54, 1.807) is 6.92 Å². The number of fused-ring (bicyclic) bond motifs is 3. The molecular weight excluding hydrogens is 1350 g/mol. The molecule has 2 saturated carbocycles. The smallest absolute Gasteiger partial charge is 0.347 e. The zero-order valence-corrected chi connectivity index (χ0v) is 63.2. The number of nitrogens with one attached hydrogen (secondary N) is 3. The number of hydrogen-bond acceptors (Lipinski definition) is 12. The van der Waals surface area contributed by atoms with E-state index in [2.05, 4.69) is 16.0 Å². The Balaban J connectivity index is 1.32. The van der Waals surface area contributed by atoms with Crippen molar-refractivity contribution in [1.82, 2.24) is 60.0 Å². The number of benzene rings is 2. The van der Waals surface area contributed by atoms with Crippen LogP contribution in [0.2, 0.25) is 5.02 Å². The summed E-state index contributed by atoms with van der Waals surface area (Å²) in [5.74, 6) is -9.20. The van der Waals surface area contributed by atoms with E-state index in [-0.39, 0.29) is 75.9 Å². The number of likely N-dealkylation sites (N-methyl/N-ethyl adjacent to an activating group) is 7. The molecule has 5 aliphatic rings. The molecule has 2 bridgehead atoms. The maximum atomic E-state index is 15.6. The van der Waals surface area contributed by atoms with Crippen molar-refractivity contribution in [1.29, 1.82) is 0 Å². The lowest BCUT2D eigenvalue weighted by Crippen LogP contribution is -2.65. The van der Waals surface area contributed by atoms with Gasteiger partial charge >= 0.3 is 6.18 Å². The first-order chi connectivity index (χ1) is 48.4. The number of nitrogens with zero attached hydrogens (tertiary/aromatic N) is 9. The maximum Gasteiger partial charge on any atom is 0.417 e. The summed E-state index contributed by atoms with van der Waals surface area (Å²) in [5.41, 5.74) is -0.0348. The van der Waals surface area contributed by atoms with E-state index in [1.165, 1.54) is 96.7 Å². The molecule has 103 heavy (non-hydrogen) atoms. The minimum atomic E-state index is -4.77. The molecule has 2 aromatic rings. The van der Waals surface area contributed by atoms with E-state index < -0.39 is 173 Å². The highest BCUT2D eigenvalue weighted by molar-refractivity contribution is 6.31. The molecule has 24 nitrogen and oxygen atoms in total. The van der Waals surface area contributed by atoms with E-state index in [9.17, 15) is 41.9 Å². The lowest BCUT2D eigenvalue weighted by molar-refractivity contribution is -0.156. The number of rotatable bonds is 11. The molecule has 3 N–H and O–H groups in total. The molecule has 0 radical (unpaired) electrons. The third-order valence-electron chi connectivity index (χ3n) is 21.7. The van der Waals surface area contributed by atoms with Gasteiger partial charge in [-0.3, -0.25) is 57.5 Å². The molecular formula is C75H108ClF3N12O12. The highest BCUT2D eigenvalue weighted by Gasteiger charge is 2.52. The molecule has 28 heteroatoms. The molecule has 1 unspecified atom stereocenters. The first-order valence-corrected chi connectivity index (χ1v) is 36.6. The van der Waals surface area contributed by atoms with E-state index in [4.69, 9.17) is 11.6 Å². The average Bonchev–Trinajstić information content (AvgIpc) is 1.72. The highest BCUT2D eigenvalue weighted by Crippen LogP contribution is 2.39. The average molecular weight is 1460 g/mol. The fourth-order valence-electron chi connectivity index (χ4n) is 15.2. The normalized spacial score (nSPS) is 26.3. The standard InChI is InChI=1S/C75H108ClF3N12O12/c1-15-48(6)63-71(101)85(10)44-62(94)87(12)57-39-47(5)22-20-36-91(70(57)100)59(41-50-28-26-46(4)27-29-50)69(99)84(9)43-60(92)80-54(33-31-49-30-32-52(53(76)40-49)75(77,78)79)67(97)90-37-21-25-55(90)66(96)82-74(34-18-19-35-74)73(103)89(14)64(51-23-16-17-24-51)72(102)88(13)58(68(98)83(7)8)42-61(93)86(11)56(38-45(2)3)65(95)81-63/h22,26-30,32,40,45,48,51,54-59,63-64H,15-21,23-25,31,33-39,41-44H2,1-14H3,(H,80,92)(H,81,95)(H,82,96)/b47-22-/t48-,54-,55?,56-,57-,58-,59-,63-,64-/m0/s1. The predicted molar refractivity (Wildman–Crippen MR) is 382 cm³/mol. The van der Waals surface area contributed by atoms with Gasteiger partial charge in [0.05, 0.1) is 30.1 Å². The van der Waals surface area contributed by atoms with Crippen LogP contribution in [-0.2, 0) is 76.6 Å². The summed E-state index contributed by atoms with van der Waals surface area (Å²) < 4.78 is 41.8. The number of carbonyl (C=O) groups is 12. The Kier molecular flexibility index (Phi) is 28.4. The fourth-order valence-corrected chi connectivity index (χ4v) is 15.5. The molecule has 3 heterocycles. The van der Waals surface area contributed by atoms with Crippen molar-refractivity contribution in [2.75, 3.05) is 82.6 Å². The fraction of sp³-hybridized carbons (Fsp3) is 0.653. The van der Waals surface area contributed by atoms with E-state index in [0.29, 0.717) is 50.5 Å². The summed E-state index contributed by atoms with van der Waals surface area (Å²) in [6.07, 6.45) is 1.29. The molecule has 3 aliphatic heterocycles. The summed E-state index contributed by atoms with van der Waals surface area (Å²) in [6, 6.07) is 0.204. The van der Waals surface area contributed by atoms with Gasteiger partial charge in [-0.2, -0.15) is 13.2 Å². The van der Waals surface area contributed by atoms with Crippen LogP contribution in [0.3, 0.4) is 0 Å². The second kappa shape index (κ2) is 35.6. The van der Waals surface area contributed by atoms with Gasteiger partial charge in [0, 0.05) is 75.9 Å². The Labute approximate surface area is 609 Å². The number of carbonyl (C=O) groups excluding carboxylic acids is 12. The van der Waals surface area contributed by atoms with Crippen LogP contribution in [0.1, 0.15) is 160 Å². The van der Waals surface area contributed by atoms with Crippen LogP contribution in [0.4, 0.5) is 13.2 Å². The van der Waals surface area contributed by atoms with Crippen LogP contribution < -0.4 is 16.0 Å². The number of alkyl halides is 3. The Morgan fingerprint density at radius 2 is 1.29 bits per heavy atom. The molecule has 9 atom stereocenters. The third kappa shape index (κ3) is 20.0. The SMILES string of the molecule is CC[C@H](C)[C@@H]1NC(=O)[C@H](CC(C)C)N(C)C(=O)C[C@@H](C(=O)N(C)C)N(C)C(=O)[C@H](C2CCCC2)N(C)C(=O)C2(CCCC2)NC(=O)C2CCCN2C(=O)[C@H](CCc2ccc(C(F)(F)F)c(Cl)c2)NC(=O)CN(C)C(=O)[C@H](Cc2ccc(C)cc2)N2CC/C=C(/C)C[C@@H](C2=O)N(C)C(=O)CN(C)C1=O. The van der Waals surface area contributed by atoms with Gasteiger partial charge in [-0.15, -0.1) is 0 Å². The van der Waals surface area contributed by atoms with Gasteiger partial charge in [-0.25, -0.2) is 0 Å². The topological polar surface area (TPSA) is 270 Å². The first-order valence-electron chi connectivity index (χ1n) is 36.3. The Morgan fingerprint density at radius 1 is 0.660 bits per heavy atom. The van der Waals surface area contributed by atoms with E-state index in [0.717, 1.165) is 45.9 Å². The van der Waals surface area contributed by atoms with Crippen molar-refractivity contribution in [2.45, 2.75) is 217 Å². The van der Waals surface area contributed by atoms with Gasteiger partial charge in [-0.1, -0.05) is 119 Å². The summed E-state index contributed by atoms with van der Waals surface area (Å²) in [4.78, 5) is 192. The van der Waals surface area contributed by atoms with Crippen LogP contribution in [0, 0.1) is 24.7 Å². The maximum absolute atomic E-state index is 15.6. The lowest BCUT2D eigenvalue weighted by atomic mass is 9.90. The van der Waals surface area contributed by atoms with Crippen molar-refractivity contribution >= 4 is 82.5 Å². The molecule has 1 spiro atoms. The Morgan fingerprint density at radius 3 is 1.89 bits per heavy atom. The minimum Gasteiger partial charge on any atom is -0.347 e. The van der Waals surface area contributed by atoms with Crippen LogP contribution in [0.25, 0.3) is 0 Å². The van der Waals surface area contributed by atoms with Crippen LogP contribution >= 0.6 is 11.6 Å². The molecule has 7 rings (SSSR count). The summed E-state index contributed by atoms with van der Waals surface area (Å²) in [7, 11) is 11.4. The predicted octanol–water partition coefficient (Wildman–Crippen LogP) is 6.17. The number of halogens is 4. The second-order valence-corrected chi connectivity index (χ2v) is 30.4. The summed E-state index contributed by atoms with van der Waals surface area (Å²) in [6.45, 7) is 9.78. The number of amides is 12. The quantitative estimate of drug-likeness (QED) is 0.213. The molecule has 12 amide bonds. The van der Waals surface area contributed by atoms with Gasteiger partial charge in [0.1, 0.15) is 53.9 Å². The van der Waals surface area contributed by atoms with Crippen molar-refractivity contribution in [3.63, 3.8) is 0 Å². The number of hydrogen-bond donors (Lipinski definition) is 3. The zero-order chi connectivity index (χ0) is 76.3. The van der Waals surface area contributed by atoms with Gasteiger partial charge < -0.3 is 60.0 Å². The van der Waals surface area contributed by atoms with E-state index in [1.807, 2.05) is 65.0 Å². The minimum absolute atomic E-state index is 0.00212. The first kappa shape index (κ1) is 82.2. The summed E-state index contributed by atoms with van der Waals surface area (Å²) in [5, 5.41) is 8.15. The van der Waals surface area contributed by atoms with Crippen molar-refractivity contribution in [2.24, 2.45) is 17.8 Å². The summed E-state index contributed by atoms with van der Waals surface area (Å²) >= 11 is 6.18. The Hall–Kier alpha value is -8.10. The molecule has 0 aromatic heterocycles. The molecule has 568 valence electrons. The molecule has 2 aromatic carbocycles. The third-order valence-corrected chi connectivity index (χ3v) is 22.0. The van der Waals surface area contributed by atoms with Gasteiger partial charge in [0.2, 0.25) is 70.9 Å². The molecule has 2 saturated heterocycles. The second-order valence-electron chi connectivity index (χ2n) is 30.0.